The number of aryl methyl sites for hydroxylation is 2. The van der Waals surface area contributed by atoms with Gasteiger partial charge in [-0.25, -0.2) is 4.98 Å². The third-order valence-corrected chi connectivity index (χ3v) is 7.50. The third-order valence-electron chi connectivity index (χ3n) is 7.50. The molecule has 0 aliphatic carbocycles. The Kier molecular flexibility index (Phi) is 8.21. The number of aromatic amines is 1. The summed E-state index contributed by atoms with van der Waals surface area (Å²) in [6.45, 7) is 0.495. The molecule has 0 aliphatic heterocycles. The van der Waals surface area contributed by atoms with Gasteiger partial charge in [-0.3, -0.25) is 4.79 Å². The van der Waals surface area contributed by atoms with Gasteiger partial charge in [0.1, 0.15) is 17.3 Å². The highest BCUT2D eigenvalue weighted by Crippen LogP contribution is 2.26. The third kappa shape index (κ3) is 6.46. The van der Waals surface area contributed by atoms with Crippen molar-refractivity contribution in [3.05, 3.63) is 143 Å². The minimum atomic E-state index is -0.716. The van der Waals surface area contributed by atoms with Crippen molar-refractivity contribution < 1.29 is 13.9 Å². The number of hydrogen-bond donors (Lipinski definition) is 2. The van der Waals surface area contributed by atoms with Gasteiger partial charge in [-0.2, -0.15) is 4.39 Å². The molecular formula is C34H31FN6O2. The molecule has 0 saturated heterocycles. The lowest BCUT2D eigenvalue weighted by Crippen LogP contribution is -2.33. The average molecular weight is 575 g/mol. The quantitative estimate of drug-likeness (QED) is 0.189. The highest BCUT2D eigenvalue weighted by atomic mass is 19.1. The number of nitrogens with zero attached hydrogens (tertiary/aromatic N) is 4. The lowest BCUT2D eigenvalue weighted by molar-refractivity contribution is 0.0927. The van der Waals surface area contributed by atoms with Crippen LogP contribution in [0.25, 0.3) is 10.9 Å². The van der Waals surface area contributed by atoms with Crippen LogP contribution in [-0.2, 0) is 25.8 Å². The molecule has 3 heterocycles. The van der Waals surface area contributed by atoms with Crippen LogP contribution in [-0.4, -0.2) is 37.7 Å². The number of para-hydroxylation sites is 1. The van der Waals surface area contributed by atoms with E-state index in [9.17, 15) is 9.18 Å². The van der Waals surface area contributed by atoms with Crippen LogP contribution in [0, 0.1) is 5.95 Å². The van der Waals surface area contributed by atoms with E-state index < -0.39 is 17.9 Å². The van der Waals surface area contributed by atoms with Crippen LogP contribution in [0.1, 0.15) is 44.9 Å². The fourth-order valence-electron chi connectivity index (χ4n) is 5.27. The van der Waals surface area contributed by atoms with Gasteiger partial charge >= 0.3 is 0 Å². The van der Waals surface area contributed by atoms with E-state index in [-0.39, 0.29) is 5.69 Å². The Bertz CT molecular complexity index is 1830. The molecule has 1 amide bonds. The molecule has 0 bridgehead atoms. The van der Waals surface area contributed by atoms with Crippen LogP contribution in [0.5, 0.6) is 5.75 Å². The maximum atomic E-state index is 13.9. The number of halogens is 1. The first-order chi connectivity index (χ1) is 21.1. The number of rotatable bonds is 11. The monoisotopic (exact) mass is 574 g/mol. The number of nitrogens with one attached hydrogen (secondary N) is 2. The van der Waals surface area contributed by atoms with Gasteiger partial charge in [0, 0.05) is 29.9 Å². The number of amides is 1. The molecule has 0 fully saturated rings. The predicted molar refractivity (Wildman–Crippen MR) is 162 cm³/mol. The van der Waals surface area contributed by atoms with E-state index in [2.05, 4.69) is 42.2 Å². The number of carbonyl (C=O) groups is 1. The summed E-state index contributed by atoms with van der Waals surface area (Å²) >= 11 is 0. The van der Waals surface area contributed by atoms with Crippen molar-refractivity contribution in [3.63, 3.8) is 0 Å². The van der Waals surface area contributed by atoms with Crippen molar-refractivity contribution in [2.75, 3.05) is 7.11 Å². The summed E-state index contributed by atoms with van der Waals surface area (Å²) in [7, 11) is 1.64. The second-order valence-electron chi connectivity index (χ2n) is 10.3. The van der Waals surface area contributed by atoms with Gasteiger partial charge in [0.05, 0.1) is 19.7 Å². The molecule has 0 unspecified atom stereocenters. The number of H-pyrrole nitrogens is 1. The number of ether oxygens (including phenoxy) is 1. The number of fused-ring (bicyclic) bond motifs is 1. The van der Waals surface area contributed by atoms with Crippen molar-refractivity contribution in [3.8, 4) is 5.75 Å². The SMILES string of the molecule is COc1ccc(Cn2c(CCc3ccccc3)nnc2[C@@H](Cc2c[nH]c3ccccc23)NC(=O)c2cccc(F)n2)cc1. The maximum absolute atomic E-state index is 13.9. The van der Waals surface area contributed by atoms with E-state index >= 15 is 0 Å². The Morgan fingerprint density at radius 1 is 0.907 bits per heavy atom. The molecule has 6 aromatic rings. The van der Waals surface area contributed by atoms with Crippen molar-refractivity contribution in [1.29, 1.82) is 0 Å². The highest BCUT2D eigenvalue weighted by molar-refractivity contribution is 5.92. The van der Waals surface area contributed by atoms with Crippen molar-refractivity contribution in [2.24, 2.45) is 0 Å². The number of benzene rings is 3. The first kappa shape index (κ1) is 27.8. The molecule has 1 atom stereocenters. The molecule has 0 saturated carbocycles. The molecular weight excluding hydrogens is 543 g/mol. The Morgan fingerprint density at radius 3 is 2.49 bits per heavy atom. The summed E-state index contributed by atoms with van der Waals surface area (Å²) in [5.74, 6) is 0.968. The summed E-state index contributed by atoms with van der Waals surface area (Å²) in [5.41, 5.74) is 4.24. The molecule has 0 spiro atoms. The van der Waals surface area contributed by atoms with E-state index in [1.807, 2.05) is 72.9 Å². The van der Waals surface area contributed by atoms with Crippen molar-refractivity contribution in [1.82, 2.24) is 30.0 Å². The summed E-state index contributed by atoms with van der Waals surface area (Å²) in [6, 6.07) is 29.7. The zero-order valence-electron chi connectivity index (χ0n) is 23.7. The molecule has 8 nitrogen and oxygen atoms in total. The van der Waals surface area contributed by atoms with E-state index in [0.717, 1.165) is 40.0 Å². The Hall–Kier alpha value is -5.31. The van der Waals surface area contributed by atoms with E-state index in [0.29, 0.717) is 25.2 Å². The maximum Gasteiger partial charge on any atom is 0.270 e. The molecule has 0 aliphatic rings. The number of carbonyl (C=O) groups excluding carboxylic acids is 1. The average Bonchev–Trinajstić information content (AvgIpc) is 3.64. The van der Waals surface area contributed by atoms with E-state index in [4.69, 9.17) is 4.74 Å². The Labute approximate surface area is 248 Å². The van der Waals surface area contributed by atoms with Crippen LogP contribution in [0.15, 0.2) is 103 Å². The zero-order chi connectivity index (χ0) is 29.6. The predicted octanol–water partition coefficient (Wildman–Crippen LogP) is 5.85. The minimum Gasteiger partial charge on any atom is -0.497 e. The normalized spacial score (nSPS) is 11.9. The molecule has 3 aromatic carbocycles. The summed E-state index contributed by atoms with van der Waals surface area (Å²) in [4.78, 5) is 20.5. The molecule has 6 rings (SSSR count). The van der Waals surface area contributed by atoms with Crippen molar-refractivity contribution in [2.45, 2.75) is 31.8 Å². The smallest absolute Gasteiger partial charge is 0.270 e. The summed E-state index contributed by atoms with van der Waals surface area (Å²) in [6.07, 6.45) is 3.83. The van der Waals surface area contributed by atoms with Gasteiger partial charge in [0.2, 0.25) is 5.95 Å². The largest absolute Gasteiger partial charge is 0.497 e. The Morgan fingerprint density at radius 2 is 1.70 bits per heavy atom. The number of aromatic nitrogens is 5. The lowest BCUT2D eigenvalue weighted by atomic mass is 10.0. The van der Waals surface area contributed by atoms with Crippen molar-refractivity contribution >= 4 is 16.8 Å². The van der Waals surface area contributed by atoms with E-state index in [1.54, 1.807) is 7.11 Å². The fourth-order valence-corrected chi connectivity index (χ4v) is 5.27. The standard InChI is InChI=1S/C34H31FN6O2/c1-43-26-17-14-24(15-18-26)22-41-32(19-16-23-8-3-2-4-9-23)39-40-33(41)30(38-34(42)29-12-7-13-31(35)37-29)20-25-21-36-28-11-6-5-10-27(25)28/h2-15,17-18,21,30,36H,16,19-20,22H2,1H3,(H,38,42)/t30-/m1/s1. The van der Waals surface area contributed by atoms with Crippen LogP contribution in [0.4, 0.5) is 4.39 Å². The van der Waals surface area contributed by atoms with E-state index in [1.165, 1.54) is 23.8 Å². The van der Waals surface area contributed by atoms with Gasteiger partial charge in [-0.15, -0.1) is 10.2 Å². The van der Waals surface area contributed by atoms with Crippen LogP contribution in [0.2, 0.25) is 0 Å². The van der Waals surface area contributed by atoms with Gasteiger partial charge in [0.15, 0.2) is 5.82 Å². The molecule has 0 radical (unpaired) electrons. The number of hydrogen-bond acceptors (Lipinski definition) is 5. The van der Waals surface area contributed by atoms with Crippen LogP contribution in [0.3, 0.4) is 0 Å². The summed E-state index contributed by atoms with van der Waals surface area (Å²) < 4.78 is 21.3. The molecule has 9 heteroatoms. The number of pyridine rings is 1. The van der Waals surface area contributed by atoms with Gasteiger partial charge in [-0.05, 0) is 53.4 Å². The van der Waals surface area contributed by atoms with Crippen LogP contribution >= 0.6 is 0 Å². The molecule has 3 aromatic heterocycles. The van der Waals surface area contributed by atoms with Gasteiger partial charge in [-0.1, -0.05) is 66.7 Å². The second kappa shape index (κ2) is 12.7. The molecule has 2 N–H and O–H groups in total. The van der Waals surface area contributed by atoms with Gasteiger partial charge < -0.3 is 19.6 Å². The van der Waals surface area contributed by atoms with Crippen LogP contribution < -0.4 is 10.1 Å². The number of methoxy groups -OCH3 is 1. The minimum absolute atomic E-state index is 0.00514. The topological polar surface area (TPSA) is 97.7 Å². The molecule has 43 heavy (non-hydrogen) atoms. The fraction of sp³-hybridized carbons (Fsp3) is 0.176. The zero-order valence-corrected chi connectivity index (χ0v) is 23.7. The van der Waals surface area contributed by atoms with Gasteiger partial charge in [0.25, 0.3) is 5.91 Å². The lowest BCUT2D eigenvalue weighted by Gasteiger charge is -2.20. The first-order valence-electron chi connectivity index (χ1n) is 14.1. The highest BCUT2D eigenvalue weighted by Gasteiger charge is 2.26. The molecule has 216 valence electrons. The second-order valence-corrected chi connectivity index (χ2v) is 10.3. The summed E-state index contributed by atoms with van der Waals surface area (Å²) in [5, 5.41) is 13.4. The first-order valence-corrected chi connectivity index (χ1v) is 14.1. The Balaban J connectivity index is 1.39.